The molecule has 0 saturated carbocycles. The number of benzene rings is 4. The van der Waals surface area contributed by atoms with Crippen LogP contribution in [0.4, 0.5) is 22.7 Å². The number of amides is 4. The predicted octanol–water partition coefficient (Wildman–Crippen LogP) is 12.1. The first-order valence-electron chi connectivity index (χ1n) is 27.1. The molecule has 0 spiro atoms. The van der Waals surface area contributed by atoms with Crippen molar-refractivity contribution in [2.75, 3.05) is 47.7 Å². The molecular formula is C64H64N8O8. The Morgan fingerprint density at radius 3 is 0.700 bits per heavy atom. The monoisotopic (exact) mass is 1070 g/mol. The Labute approximate surface area is 465 Å². The fourth-order valence-electron chi connectivity index (χ4n) is 9.50. The Morgan fingerprint density at radius 2 is 0.537 bits per heavy atom. The van der Waals surface area contributed by atoms with Gasteiger partial charge in [0.25, 0.3) is 23.6 Å². The third kappa shape index (κ3) is 13.8. The Kier molecular flexibility index (Phi) is 18.5. The summed E-state index contributed by atoms with van der Waals surface area (Å²) in [5.74, 6) is 0.693. The SMILES string of the molecule is CCCOc1c2cc(NC(=O)c3ccccn3)cc1Cc1cc(NC(=O)c3ccccn3)cc(c1OCCC)Cc1cc(NC(=O)c3ccccn3)cc(c1OCCC)Cc1cc(NC(=O)c3ccccn3)cc(c1OCCC)C2. The van der Waals surface area contributed by atoms with E-state index in [0.29, 0.717) is 142 Å². The van der Waals surface area contributed by atoms with Crippen molar-refractivity contribution in [3.05, 3.63) is 213 Å². The fraction of sp³-hybridized carbons (Fsp3) is 0.250. The zero-order chi connectivity index (χ0) is 55.8. The summed E-state index contributed by atoms with van der Waals surface area (Å²) >= 11 is 0. The summed E-state index contributed by atoms with van der Waals surface area (Å²) in [6.45, 7) is 9.61. The van der Waals surface area contributed by atoms with E-state index in [1.165, 1.54) is 0 Å². The van der Waals surface area contributed by atoms with Gasteiger partial charge in [-0.05, 0) is 123 Å². The van der Waals surface area contributed by atoms with Crippen molar-refractivity contribution >= 4 is 46.4 Å². The summed E-state index contributed by atoms with van der Waals surface area (Å²) in [6.07, 6.45) is 9.85. The normalized spacial score (nSPS) is 11.7. The Balaban J connectivity index is 1.34. The molecule has 0 aliphatic heterocycles. The van der Waals surface area contributed by atoms with Crippen molar-refractivity contribution < 1.29 is 38.1 Å². The highest BCUT2D eigenvalue weighted by molar-refractivity contribution is 6.05. The van der Waals surface area contributed by atoms with Gasteiger partial charge in [0.15, 0.2) is 0 Å². The van der Waals surface area contributed by atoms with Gasteiger partial charge in [0, 0.05) is 118 Å². The number of aromatic nitrogens is 4. The molecule has 1 aliphatic carbocycles. The first-order valence-corrected chi connectivity index (χ1v) is 27.1. The second-order valence-corrected chi connectivity index (χ2v) is 19.3. The molecule has 1 aliphatic rings. The number of hydrogen-bond donors (Lipinski definition) is 4. The second-order valence-electron chi connectivity index (χ2n) is 19.3. The van der Waals surface area contributed by atoms with Gasteiger partial charge in [0.2, 0.25) is 0 Å². The average Bonchev–Trinajstić information content (AvgIpc) is 3.53. The van der Waals surface area contributed by atoms with E-state index in [-0.39, 0.29) is 48.5 Å². The van der Waals surface area contributed by atoms with Gasteiger partial charge in [-0.1, -0.05) is 52.0 Å². The van der Waals surface area contributed by atoms with Gasteiger partial charge in [-0.3, -0.25) is 39.1 Å². The minimum Gasteiger partial charge on any atom is -0.493 e. The molecule has 0 fully saturated rings. The molecule has 4 aromatic heterocycles. The third-order valence-corrected chi connectivity index (χ3v) is 12.9. The lowest BCUT2D eigenvalue weighted by Gasteiger charge is -2.25. The van der Waals surface area contributed by atoms with Gasteiger partial charge in [-0.15, -0.1) is 0 Å². The highest BCUT2D eigenvalue weighted by Crippen LogP contribution is 2.43. The molecule has 16 heteroatoms. The molecule has 8 bridgehead atoms. The van der Waals surface area contributed by atoms with Crippen LogP contribution in [0.25, 0.3) is 0 Å². The molecule has 80 heavy (non-hydrogen) atoms. The molecule has 4 heterocycles. The van der Waals surface area contributed by atoms with Crippen molar-refractivity contribution in [1.82, 2.24) is 19.9 Å². The number of carbonyl (C=O) groups is 4. The van der Waals surface area contributed by atoms with Crippen molar-refractivity contribution in [2.45, 2.75) is 79.1 Å². The summed E-state index contributed by atoms with van der Waals surface area (Å²) in [5, 5.41) is 12.5. The van der Waals surface area contributed by atoms with Gasteiger partial charge in [-0.25, -0.2) is 0 Å². The molecule has 0 atom stereocenters. The molecule has 8 aromatic rings. The zero-order valence-electron chi connectivity index (χ0n) is 45.4. The number of nitrogens with zero attached hydrogens (tertiary/aromatic N) is 4. The zero-order valence-corrected chi connectivity index (χ0v) is 45.4. The number of anilines is 4. The maximum atomic E-state index is 14.0. The highest BCUT2D eigenvalue weighted by atomic mass is 16.5. The quantitative estimate of drug-likeness (QED) is 0.0563. The molecular weight excluding hydrogens is 1010 g/mol. The number of pyridine rings is 4. The van der Waals surface area contributed by atoms with Gasteiger partial charge in [-0.2, -0.15) is 0 Å². The lowest BCUT2D eigenvalue weighted by atomic mass is 9.90. The maximum absolute atomic E-state index is 14.0. The molecule has 16 nitrogen and oxygen atoms in total. The van der Waals surface area contributed by atoms with E-state index in [9.17, 15) is 19.2 Å². The standard InChI is InChI=1S/C64H64N8O8/c1-5-25-77-57-41-29-43-35-50(70-62(74)54-18-10-14-22-66-54)37-45(58(43)78-26-6-2)31-47-39-52(72-64(76)56-20-12-16-24-68-56)40-48(60(47)80-28-8-4)32-46-38-51(71-63(75)55-19-11-15-23-67-55)36-44(59(46)79-27-7-3)30-42(57)34-49(33-41)69-61(73)53-17-9-13-21-65-53/h9-24,33-40H,5-8,25-32H2,1-4H3,(H,69,73)(H,70,74)(H,71,75)(H,72,76). The Morgan fingerprint density at radius 1 is 0.338 bits per heavy atom. The number of carbonyl (C=O) groups excluding carboxylic acids is 4. The van der Waals surface area contributed by atoms with Crippen molar-refractivity contribution in [2.24, 2.45) is 0 Å². The number of ether oxygens (including phenoxy) is 4. The molecule has 4 N–H and O–H groups in total. The van der Waals surface area contributed by atoms with Crippen LogP contribution >= 0.6 is 0 Å². The van der Waals surface area contributed by atoms with Gasteiger partial charge in [0.1, 0.15) is 45.8 Å². The lowest BCUT2D eigenvalue weighted by molar-refractivity contribution is 0.101. The summed E-state index contributed by atoms with van der Waals surface area (Å²) in [5.41, 5.74) is 8.55. The first kappa shape index (κ1) is 55.3. The number of fused-ring (bicyclic) bond motifs is 8. The molecule has 4 amide bonds. The maximum Gasteiger partial charge on any atom is 0.274 e. The summed E-state index contributed by atoms with van der Waals surface area (Å²) in [4.78, 5) is 73.6. The molecule has 408 valence electrons. The molecule has 0 saturated heterocycles. The van der Waals surface area contributed by atoms with Crippen molar-refractivity contribution in [3.8, 4) is 23.0 Å². The van der Waals surface area contributed by atoms with Crippen LogP contribution in [0.15, 0.2) is 146 Å². The van der Waals surface area contributed by atoms with E-state index in [4.69, 9.17) is 18.9 Å². The Hall–Kier alpha value is -9.44. The minimum atomic E-state index is -0.410. The fourth-order valence-corrected chi connectivity index (χ4v) is 9.50. The van der Waals surface area contributed by atoms with Crippen LogP contribution in [0.2, 0.25) is 0 Å². The molecule has 9 rings (SSSR count). The summed E-state index contributed by atoms with van der Waals surface area (Å²) in [6, 6.07) is 35.9. The average molecular weight is 1070 g/mol. The van der Waals surface area contributed by atoms with Crippen LogP contribution in [-0.4, -0.2) is 70.0 Å². The lowest BCUT2D eigenvalue weighted by Crippen LogP contribution is -2.17. The number of rotatable bonds is 20. The third-order valence-electron chi connectivity index (χ3n) is 12.9. The number of hydrogen-bond acceptors (Lipinski definition) is 12. The first-order chi connectivity index (χ1) is 39.1. The number of nitrogens with one attached hydrogen (secondary N) is 4. The molecule has 4 aromatic carbocycles. The van der Waals surface area contributed by atoms with E-state index in [1.807, 2.05) is 76.2 Å². The van der Waals surface area contributed by atoms with E-state index in [1.54, 1.807) is 97.6 Å². The van der Waals surface area contributed by atoms with E-state index in [0.717, 1.165) is 0 Å². The predicted molar refractivity (Wildman–Crippen MR) is 309 cm³/mol. The largest absolute Gasteiger partial charge is 0.493 e. The van der Waals surface area contributed by atoms with Crippen LogP contribution in [0.1, 0.15) is 140 Å². The van der Waals surface area contributed by atoms with Gasteiger partial charge < -0.3 is 40.2 Å². The van der Waals surface area contributed by atoms with E-state index < -0.39 is 23.6 Å². The molecule has 0 unspecified atom stereocenters. The molecule has 0 radical (unpaired) electrons. The summed E-state index contributed by atoms with van der Waals surface area (Å²) < 4.78 is 27.4. The Bertz CT molecular complexity index is 2920. The van der Waals surface area contributed by atoms with Crippen LogP contribution in [0, 0.1) is 0 Å². The minimum absolute atomic E-state index is 0.202. The van der Waals surface area contributed by atoms with Crippen LogP contribution in [-0.2, 0) is 25.7 Å². The van der Waals surface area contributed by atoms with Crippen molar-refractivity contribution in [1.29, 1.82) is 0 Å². The van der Waals surface area contributed by atoms with Crippen LogP contribution < -0.4 is 40.2 Å². The van der Waals surface area contributed by atoms with Crippen LogP contribution in [0.5, 0.6) is 23.0 Å². The van der Waals surface area contributed by atoms with Gasteiger partial charge in [0.05, 0.1) is 26.4 Å². The van der Waals surface area contributed by atoms with Gasteiger partial charge >= 0.3 is 0 Å². The highest BCUT2D eigenvalue weighted by Gasteiger charge is 2.27. The topological polar surface area (TPSA) is 205 Å². The second kappa shape index (κ2) is 26.7. The van der Waals surface area contributed by atoms with E-state index >= 15 is 0 Å². The van der Waals surface area contributed by atoms with Crippen LogP contribution in [0.3, 0.4) is 0 Å². The van der Waals surface area contributed by atoms with E-state index in [2.05, 4.69) is 41.2 Å². The smallest absolute Gasteiger partial charge is 0.274 e. The summed E-state index contributed by atoms with van der Waals surface area (Å²) in [7, 11) is 0. The van der Waals surface area contributed by atoms with Crippen molar-refractivity contribution in [3.63, 3.8) is 0 Å².